The van der Waals surface area contributed by atoms with Crippen molar-refractivity contribution in [3.8, 4) is 0 Å². The molecule has 4 aromatic carbocycles. The molecule has 0 aliphatic rings. The third-order valence-corrected chi connectivity index (χ3v) is 6.67. The zero-order valence-electron chi connectivity index (χ0n) is 18.4. The standard InChI is InChI=1S/C27H20F3N3S/c1-16-7-12-24(17(2)13-16)34-26-25(31-21-10-8-20(9-11-21)27(28,29)30)32-22-14-18-5-3-4-6-19(18)15-23(22)33-26/h3-15H,1-2H3,(H,31,32). The average Bonchev–Trinajstić information content (AvgIpc) is 2.79. The van der Waals surface area contributed by atoms with Crippen molar-refractivity contribution in [1.29, 1.82) is 0 Å². The molecule has 0 atom stereocenters. The lowest BCUT2D eigenvalue weighted by Gasteiger charge is -2.14. The van der Waals surface area contributed by atoms with Crippen LogP contribution < -0.4 is 5.32 Å². The monoisotopic (exact) mass is 475 g/mol. The van der Waals surface area contributed by atoms with Crippen molar-refractivity contribution in [3.63, 3.8) is 0 Å². The zero-order valence-corrected chi connectivity index (χ0v) is 19.3. The Morgan fingerprint density at radius 1 is 0.765 bits per heavy atom. The summed E-state index contributed by atoms with van der Waals surface area (Å²) in [6, 6.07) is 23.1. The maximum absolute atomic E-state index is 13.0. The van der Waals surface area contributed by atoms with Crippen LogP contribution in [0.25, 0.3) is 21.8 Å². The Morgan fingerprint density at radius 2 is 1.41 bits per heavy atom. The molecule has 0 aliphatic carbocycles. The first kappa shape index (κ1) is 22.2. The average molecular weight is 476 g/mol. The highest BCUT2D eigenvalue weighted by Crippen LogP contribution is 2.37. The van der Waals surface area contributed by atoms with Crippen LogP contribution in [0, 0.1) is 13.8 Å². The number of benzene rings is 4. The van der Waals surface area contributed by atoms with E-state index in [1.165, 1.54) is 29.5 Å². The molecule has 1 aromatic heterocycles. The van der Waals surface area contributed by atoms with Crippen LogP contribution in [0.1, 0.15) is 16.7 Å². The molecule has 0 radical (unpaired) electrons. The number of hydrogen-bond acceptors (Lipinski definition) is 4. The number of nitrogens with zero attached hydrogens (tertiary/aromatic N) is 2. The normalized spacial score (nSPS) is 11.8. The number of alkyl halides is 3. The smallest absolute Gasteiger partial charge is 0.338 e. The second-order valence-electron chi connectivity index (χ2n) is 8.14. The lowest BCUT2D eigenvalue weighted by atomic mass is 10.1. The minimum absolute atomic E-state index is 0.493. The highest BCUT2D eigenvalue weighted by molar-refractivity contribution is 7.99. The number of nitrogens with one attached hydrogen (secondary N) is 1. The fraction of sp³-hybridized carbons (Fsp3) is 0.111. The Morgan fingerprint density at radius 3 is 2.03 bits per heavy atom. The van der Waals surface area contributed by atoms with Gasteiger partial charge in [0.05, 0.1) is 16.6 Å². The molecule has 0 amide bonds. The number of halogens is 3. The van der Waals surface area contributed by atoms with Gasteiger partial charge < -0.3 is 5.32 Å². The van der Waals surface area contributed by atoms with E-state index in [1.807, 2.05) is 62.4 Å². The first-order chi connectivity index (χ1) is 16.3. The molecule has 0 unspecified atom stereocenters. The summed E-state index contributed by atoms with van der Waals surface area (Å²) in [7, 11) is 0. The molecule has 5 aromatic rings. The van der Waals surface area contributed by atoms with Crippen molar-refractivity contribution < 1.29 is 13.2 Å². The molecule has 7 heteroatoms. The summed E-state index contributed by atoms with van der Waals surface area (Å²) in [5, 5.41) is 5.93. The van der Waals surface area contributed by atoms with Crippen LogP contribution >= 0.6 is 11.8 Å². The second kappa shape index (κ2) is 8.65. The Balaban J connectivity index is 1.60. The van der Waals surface area contributed by atoms with Crippen molar-refractivity contribution in [1.82, 2.24) is 9.97 Å². The second-order valence-corrected chi connectivity index (χ2v) is 9.17. The van der Waals surface area contributed by atoms with Crippen molar-refractivity contribution >= 4 is 45.1 Å². The quantitative estimate of drug-likeness (QED) is 0.265. The van der Waals surface area contributed by atoms with Gasteiger partial charge in [-0.25, -0.2) is 9.97 Å². The SMILES string of the molecule is Cc1ccc(Sc2nc3cc4ccccc4cc3nc2Nc2ccc(C(F)(F)F)cc2)c(C)c1. The largest absolute Gasteiger partial charge is 0.416 e. The van der Waals surface area contributed by atoms with Crippen LogP contribution in [-0.4, -0.2) is 9.97 Å². The summed E-state index contributed by atoms with van der Waals surface area (Å²) in [6.07, 6.45) is -4.38. The predicted molar refractivity (Wildman–Crippen MR) is 132 cm³/mol. The van der Waals surface area contributed by atoms with Gasteiger partial charge in [-0.05, 0) is 72.6 Å². The number of aryl methyl sites for hydroxylation is 2. The van der Waals surface area contributed by atoms with Crippen LogP contribution in [0.2, 0.25) is 0 Å². The highest BCUT2D eigenvalue weighted by atomic mass is 32.2. The zero-order chi connectivity index (χ0) is 23.9. The van der Waals surface area contributed by atoms with Gasteiger partial charge in [0, 0.05) is 10.6 Å². The van der Waals surface area contributed by atoms with Gasteiger partial charge in [-0.15, -0.1) is 0 Å². The molecule has 0 aliphatic heterocycles. The molecule has 34 heavy (non-hydrogen) atoms. The van der Waals surface area contributed by atoms with Crippen molar-refractivity contribution in [2.45, 2.75) is 29.9 Å². The molecule has 5 rings (SSSR count). The topological polar surface area (TPSA) is 37.8 Å². The number of aromatic nitrogens is 2. The van der Waals surface area contributed by atoms with Gasteiger partial charge in [0.2, 0.25) is 0 Å². The summed E-state index contributed by atoms with van der Waals surface area (Å²) in [6.45, 7) is 4.08. The Bertz CT molecular complexity index is 1510. The van der Waals surface area contributed by atoms with Crippen LogP contribution in [-0.2, 0) is 6.18 Å². The van der Waals surface area contributed by atoms with Crippen LogP contribution in [0.4, 0.5) is 24.7 Å². The van der Waals surface area contributed by atoms with Gasteiger partial charge in [0.1, 0.15) is 5.03 Å². The Kier molecular flexibility index (Phi) is 5.65. The third-order valence-electron chi connectivity index (χ3n) is 5.51. The van der Waals surface area contributed by atoms with Gasteiger partial charge >= 0.3 is 6.18 Å². The molecule has 0 saturated carbocycles. The number of fused-ring (bicyclic) bond motifs is 2. The number of anilines is 2. The van der Waals surface area contributed by atoms with Gasteiger partial charge in [-0.3, -0.25) is 0 Å². The third kappa shape index (κ3) is 4.56. The predicted octanol–water partition coefficient (Wildman–Crippen LogP) is 8.31. The van der Waals surface area contributed by atoms with E-state index in [4.69, 9.17) is 9.97 Å². The molecular formula is C27H20F3N3S. The highest BCUT2D eigenvalue weighted by Gasteiger charge is 2.30. The molecule has 0 bridgehead atoms. The van der Waals surface area contributed by atoms with Crippen LogP contribution in [0.15, 0.2) is 88.8 Å². The van der Waals surface area contributed by atoms with Gasteiger partial charge in [-0.1, -0.05) is 53.7 Å². The number of rotatable bonds is 4. The van der Waals surface area contributed by atoms with E-state index >= 15 is 0 Å². The van der Waals surface area contributed by atoms with Crippen molar-refractivity contribution in [2.75, 3.05) is 5.32 Å². The van der Waals surface area contributed by atoms with E-state index in [0.29, 0.717) is 22.0 Å². The molecule has 1 N–H and O–H groups in total. The summed E-state index contributed by atoms with van der Waals surface area (Å²) in [5.74, 6) is 0.493. The molecule has 170 valence electrons. The molecule has 0 spiro atoms. The van der Waals surface area contributed by atoms with Gasteiger partial charge in [-0.2, -0.15) is 13.2 Å². The first-order valence-electron chi connectivity index (χ1n) is 10.7. The summed E-state index contributed by atoms with van der Waals surface area (Å²) in [4.78, 5) is 10.8. The molecule has 1 heterocycles. The maximum Gasteiger partial charge on any atom is 0.416 e. The molecule has 0 saturated heterocycles. The summed E-state index contributed by atoms with van der Waals surface area (Å²) in [5.41, 5.74) is 3.55. The van der Waals surface area contributed by atoms with E-state index in [-0.39, 0.29) is 0 Å². The summed E-state index contributed by atoms with van der Waals surface area (Å²) >= 11 is 1.48. The van der Waals surface area contributed by atoms with Crippen molar-refractivity contribution in [2.24, 2.45) is 0 Å². The Hall–Kier alpha value is -3.58. The lowest BCUT2D eigenvalue weighted by molar-refractivity contribution is -0.137. The summed E-state index contributed by atoms with van der Waals surface area (Å²) < 4.78 is 38.9. The Labute approximate surface area is 199 Å². The lowest BCUT2D eigenvalue weighted by Crippen LogP contribution is -2.05. The first-order valence-corrected chi connectivity index (χ1v) is 11.5. The van der Waals surface area contributed by atoms with E-state index in [0.717, 1.165) is 38.9 Å². The van der Waals surface area contributed by atoms with Gasteiger partial charge in [0.25, 0.3) is 0 Å². The van der Waals surface area contributed by atoms with Crippen LogP contribution in [0.5, 0.6) is 0 Å². The van der Waals surface area contributed by atoms with E-state index in [1.54, 1.807) is 0 Å². The molecule has 0 fully saturated rings. The van der Waals surface area contributed by atoms with E-state index in [2.05, 4.69) is 11.4 Å². The van der Waals surface area contributed by atoms with E-state index < -0.39 is 11.7 Å². The van der Waals surface area contributed by atoms with E-state index in [9.17, 15) is 13.2 Å². The minimum Gasteiger partial charge on any atom is -0.338 e. The van der Waals surface area contributed by atoms with Gasteiger partial charge in [0.15, 0.2) is 5.82 Å². The molecular weight excluding hydrogens is 455 g/mol. The van der Waals surface area contributed by atoms with Crippen molar-refractivity contribution in [3.05, 3.63) is 95.6 Å². The minimum atomic E-state index is -4.38. The molecule has 3 nitrogen and oxygen atoms in total. The number of hydrogen-bond donors (Lipinski definition) is 1. The fourth-order valence-corrected chi connectivity index (χ4v) is 4.68. The van der Waals surface area contributed by atoms with Crippen LogP contribution in [0.3, 0.4) is 0 Å². The fourth-order valence-electron chi connectivity index (χ4n) is 3.78. The maximum atomic E-state index is 13.0.